The molecule has 0 aromatic rings. The smallest absolute Gasteiger partial charge is 0.106 e. The quantitative estimate of drug-likeness (QED) is 0.707. The summed E-state index contributed by atoms with van der Waals surface area (Å²) in [6.45, 7) is 9.49. The van der Waals surface area contributed by atoms with Crippen molar-refractivity contribution in [1.82, 2.24) is 9.80 Å². The molecule has 0 aromatic carbocycles. The molecule has 0 radical (unpaired) electrons. The van der Waals surface area contributed by atoms with Crippen molar-refractivity contribution < 1.29 is 0 Å². The zero-order valence-electron chi connectivity index (χ0n) is 9.82. The van der Waals surface area contributed by atoms with Gasteiger partial charge in [0.05, 0.1) is 6.07 Å². The molecule has 86 valence electrons. The van der Waals surface area contributed by atoms with Crippen LogP contribution in [0.15, 0.2) is 0 Å². The van der Waals surface area contributed by atoms with Gasteiger partial charge in [0.1, 0.15) is 6.04 Å². The van der Waals surface area contributed by atoms with Crippen molar-refractivity contribution >= 4 is 0 Å². The Morgan fingerprint density at radius 1 is 1.53 bits per heavy atom. The number of likely N-dealkylation sites (tertiary alicyclic amines) is 1. The molecule has 0 aromatic heterocycles. The van der Waals surface area contributed by atoms with Crippen LogP contribution < -0.4 is 5.73 Å². The maximum absolute atomic E-state index is 8.65. The van der Waals surface area contributed by atoms with Crippen LogP contribution in [-0.2, 0) is 0 Å². The van der Waals surface area contributed by atoms with E-state index in [0.29, 0.717) is 12.6 Å². The molecule has 2 unspecified atom stereocenters. The molecule has 1 aliphatic rings. The molecule has 1 aliphatic heterocycles. The standard InChI is InChI=1S/C11H22N4/c1-3-15(4-2)11-5-6-14(9-11)8-10(13)7-12/h10-11H,3-6,8-9,13H2,1-2H3. The molecule has 0 saturated carbocycles. The Bertz CT molecular complexity index is 219. The molecule has 2 N–H and O–H groups in total. The Labute approximate surface area is 92.6 Å². The number of rotatable bonds is 5. The van der Waals surface area contributed by atoms with Gasteiger partial charge in [-0.05, 0) is 26.1 Å². The number of nitrogens with two attached hydrogens (primary N) is 1. The van der Waals surface area contributed by atoms with Crippen LogP contribution >= 0.6 is 0 Å². The molecule has 1 rings (SSSR count). The summed E-state index contributed by atoms with van der Waals surface area (Å²) in [5.41, 5.74) is 5.62. The fourth-order valence-corrected chi connectivity index (χ4v) is 2.34. The van der Waals surface area contributed by atoms with E-state index in [-0.39, 0.29) is 6.04 Å². The summed E-state index contributed by atoms with van der Waals surface area (Å²) >= 11 is 0. The Balaban J connectivity index is 2.35. The van der Waals surface area contributed by atoms with Gasteiger partial charge in [-0.1, -0.05) is 13.8 Å². The third kappa shape index (κ3) is 3.45. The third-order valence-electron chi connectivity index (χ3n) is 3.20. The number of nitrogens with zero attached hydrogens (tertiary/aromatic N) is 3. The largest absolute Gasteiger partial charge is 0.315 e. The number of nitriles is 1. The predicted molar refractivity (Wildman–Crippen MR) is 61.4 cm³/mol. The van der Waals surface area contributed by atoms with Crippen LogP contribution in [0.1, 0.15) is 20.3 Å². The molecule has 4 nitrogen and oxygen atoms in total. The maximum atomic E-state index is 8.65. The van der Waals surface area contributed by atoms with Gasteiger partial charge in [-0.25, -0.2) is 0 Å². The van der Waals surface area contributed by atoms with E-state index in [4.69, 9.17) is 11.0 Å². The summed E-state index contributed by atoms with van der Waals surface area (Å²) in [5, 5.41) is 8.65. The van der Waals surface area contributed by atoms with Gasteiger partial charge in [0, 0.05) is 19.1 Å². The van der Waals surface area contributed by atoms with E-state index in [9.17, 15) is 0 Å². The van der Waals surface area contributed by atoms with Crippen LogP contribution in [0.25, 0.3) is 0 Å². The van der Waals surface area contributed by atoms with Crippen molar-refractivity contribution in [2.45, 2.75) is 32.4 Å². The van der Waals surface area contributed by atoms with E-state index >= 15 is 0 Å². The summed E-state index contributed by atoms with van der Waals surface area (Å²) in [6, 6.07) is 2.41. The fraction of sp³-hybridized carbons (Fsp3) is 0.909. The van der Waals surface area contributed by atoms with Gasteiger partial charge in [0.2, 0.25) is 0 Å². The van der Waals surface area contributed by atoms with Crippen molar-refractivity contribution in [2.24, 2.45) is 5.73 Å². The van der Waals surface area contributed by atoms with Gasteiger partial charge in [0.15, 0.2) is 0 Å². The molecule has 4 heteroatoms. The summed E-state index contributed by atoms with van der Waals surface area (Å²) in [4.78, 5) is 4.79. The lowest BCUT2D eigenvalue weighted by molar-refractivity contribution is 0.210. The van der Waals surface area contributed by atoms with Crippen LogP contribution in [0.4, 0.5) is 0 Å². The van der Waals surface area contributed by atoms with E-state index in [1.54, 1.807) is 0 Å². The summed E-state index contributed by atoms with van der Waals surface area (Å²) in [6.07, 6.45) is 1.21. The van der Waals surface area contributed by atoms with E-state index in [1.807, 2.05) is 0 Å². The number of hydrogen-bond donors (Lipinski definition) is 1. The molecule has 0 spiro atoms. The number of hydrogen-bond acceptors (Lipinski definition) is 4. The molecule has 0 aliphatic carbocycles. The molecular formula is C11H22N4. The minimum absolute atomic E-state index is 0.333. The summed E-state index contributed by atoms with van der Waals surface area (Å²) < 4.78 is 0. The highest BCUT2D eigenvalue weighted by Crippen LogP contribution is 2.15. The van der Waals surface area contributed by atoms with E-state index in [0.717, 1.165) is 26.2 Å². The normalized spacial score (nSPS) is 24.3. The third-order valence-corrected chi connectivity index (χ3v) is 3.20. The second-order valence-corrected chi connectivity index (χ2v) is 4.16. The summed E-state index contributed by atoms with van der Waals surface area (Å²) in [7, 11) is 0. The first-order chi connectivity index (χ1) is 7.21. The van der Waals surface area contributed by atoms with Crippen molar-refractivity contribution in [2.75, 3.05) is 32.7 Å². The highest BCUT2D eigenvalue weighted by Gasteiger charge is 2.26. The monoisotopic (exact) mass is 210 g/mol. The number of likely N-dealkylation sites (N-methyl/N-ethyl adjacent to an activating group) is 1. The first-order valence-corrected chi connectivity index (χ1v) is 5.82. The predicted octanol–water partition coefficient (Wildman–Crippen LogP) is 0.253. The lowest BCUT2D eigenvalue weighted by Crippen LogP contribution is -2.40. The zero-order chi connectivity index (χ0) is 11.3. The highest BCUT2D eigenvalue weighted by atomic mass is 15.3. The zero-order valence-corrected chi connectivity index (χ0v) is 9.82. The Morgan fingerprint density at radius 3 is 2.73 bits per heavy atom. The first-order valence-electron chi connectivity index (χ1n) is 5.82. The maximum Gasteiger partial charge on any atom is 0.106 e. The minimum atomic E-state index is -0.333. The molecular weight excluding hydrogens is 188 g/mol. The average molecular weight is 210 g/mol. The molecule has 0 bridgehead atoms. The first kappa shape index (κ1) is 12.4. The molecule has 15 heavy (non-hydrogen) atoms. The second-order valence-electron chi connectivity index (χ2n) is 4.16. The SMILES string of the molecule is CCN(CC)C1CCN(CC(N)C#N)C1. The topological polar surface area (TPSA) is 56.3 Å². The Morgan fingerprint density at radius 2 is 2.20 bits per heavy atom. The van der Waals surface area contributed by atoms with Gasteiger partial charge in [-0.2, -0.15) is 5.26 Å². The highest BCUT2D eigenvalue weighted by molar-refractivity contribution is 4.92. The van der Waals surface area contributed by atoms with Crippen LogP contribution in [0.5, 0.6) is 0 Å². The van der Waals surface area contributed by atoms with Gasteiger partial charge in [-0.3, -0.25) is 9.80 Å². The van der Waals surface area contributed by atoms with Gasteiger partial charge >= 0.3 is 0 Å². The Hall–Kier alpha value is -0.630. The molecule has 1 saturated heterocycles. The lowest BCUT2D eigenvalue weighted by atomic mass is 10.2. The fourth-order valence-electron chi connectivity index (χ4n) is 2.34. The average Bonchev–Trinajstić information content (AvgIpc) is 2.68. The molecule has 1 heterocycles. The Kier molecular flexibility index (Phi) is 5.03. The van der Waals surface area contributed by atoms with Crippen molar-refractivity contribution in [3.63, 3.8) is 0 Å². The van der Waals surface area contributed by atoms with Crippen LogP contribution in [0, 0.1) is 11.3 Å². The van der Waals surface area contributed by atoms with E-state index in [2.05, 4.69) is 29.7 Å². The van der Waals surface area contributed by atoms with Crippen molar-refractivity contribution in [3.05, 3.63) is 0 Å². The van der Waals surface area contributed by atoms with Gasteiger partial charge in [0.25, 0.3) is 0 Å². The second kappa shape index (κ2) is 6.06. The van der Waals surface area contributed by atoms with Crippen molar-refractivity contribution in [3.8, 4) is 6.07 Å². The summed E-state index contributed by atoms with van der Waals surface area (Å²) in [5.74, 6) is 0. The van der Waals surface area contributed by atoms with E-state index < -0.39 is 0 Å². The van der Waals surface area contributed by atoms with E-state index in [1.165, 1.54) is 6.42 Å². The van der Waals surface area contributed by atoms with Crippen LogP contribution in [-0.4, -0.2) is 54.6 Å². The minimum Gasteiger partial charge on any atom is -0.315 e. The van der Waals surface area contributed by atoms with Crippen LogP contribution in [0.3, 0.4) is 0 Å². The van der Waals surface area contributed by atoms with Gasteiger partial charge in [-0.15, -0.1) is 0 Å². The van der Waals surface area contributed by atoms with Crippen LogP contribution in [0.2, 0.25) is 0 Å². The molecule has 1 fully saturated rings. The van der Waals surface area contributed by atoms with Crippen molar-refractivity contribution in [1.29, 1.82) is 5.26 Å². The molecule has 2 atom stereocenters. The van der Waals surface area contributed by atoms with Gasteiger partial charge < -0.3 is 5.73 Å². The molecule has 0 amide bonds. The lowest BCUT2D eigenvalue weighted by Gasteiger charge is -2.26.